The van der Waals surface area contributed by atoms with Crippen LogP contribution in [-0.4, -0.2) is 17.3 Å². The molecule has 120 valence electrons. The normalized spacial score (nSPS) is 11.8. The largest absolute Gasteiger partial charge is 0.294 e. The molecule has 0 fully saturated rings. The van der Waals surface area contributed by atoms with Crippen LogP contribution in [0.5, 0.6) is 0 Å². The summed E-state index contributed by atoms with van der Waals surface area (Å²) in [6.45, 7) is -0.300. The van der Waals surface area contributed by atoms with E-state index in [2.05, 4.69) is 0 Å². The Morgan fingerprint density at radius 2 is 1.83 bits per heavy atom. The fraction of sp³-hybridized carbons (Fsp3) is 0.158. The highest BCUT2D eigenvalue weighted by Gasteiger charge is 2.18. The first kappa shape index (κ1) is 17.1. The van der Waals surface area contributed by atoms with Crippen molar-refractivity contribution in [3.8, 4) is 6.07 Å². The first-order chi connectivity index (χ1) is 11.6. The van der Waals surface area contributed by atoms with Gasteiger partial charge in [0.1, 0.15) is 0 Å². The van der Waals surface area contributed by atoms with Crippen LogP contribution in [0.3, 0.4) is 0 Å². The van der Waals surface area contributed by atoms with Gasteiger partial charge in [-0.15, -0.1) is 0 Å². The molecule has 2 aromatic carbocycles. The number of ketones is 1. The molecule has 2 aromatic rings. The highest BCUT2D eigenvalue weighted by molar-refractivity contribution is 5.96. The van der Waals surface area contributed by atoms with Gasteiger partial charge in [0.2, 0.25) is 6.54 Å². The van der Waals surface area contributed by atoms with Crippen LogP contribution in [0.1, 0.15) is 27.9 Å². The molecule has 0 radical (unpaired) electrons. The molecule has 0 saturated carbocycles. The van der Waals surface area contributed by atoms with E-state index >= 15 is 0 Å². The summed E-state index contributed by atoms with van der Waals surface area (Å²) in [4.78, 5) is 22.7. The molecule has 0 bridgehead atoms. The average molecular weight is 320 g/mol. The van der Waals surface area contributed by atoms with E-state index in [1.54, 1.807) is 36.4 Å². The second-order valence-electron chi connectivity index (χ2n) is 5.36. The third-order valence-electron chi connectivity index (χ3n) is 3.53. The molecular formula is C19H16N2O3. The minimum Gasteiger partial charge on any atom is -0.294 e. The molecule has 0 heterocycles. The average Bonchev–Trinajstić information content (AvgIpc) is 2.60. The number of carbonyl (C=O) groups excluding carboxylic acids is 1. The van der Waals surface area contributed by atoms with Crippen molar-refractivity contribution in [2.75, 3.05) is 6.54 Å². The monoisotopic (exact) mass is 320 g/mol. The molecule has 0 N–H and O–H groups in total. The van der Waals surface area contributed by atoms with Crippen LogP contribution in [0, 0.1) is 27.4 Å². The maximum atomic E-state index is 12.3. The molecule has 0 spiro atoms. The van der Waals surface area contributed by atoms with Crippen LogP contribution in [0.15, 0.2) is 60.7 Å². The zero-order valence-electron chi connectivity index (χ0n) is 13.0. The third-order valence-corrected chi connectivity index (χ3v) is 3.53. The van der Waals surface area contributed by atoms with Crippen molar-refractivity contribution < 1.29 is 9.72 Å². The number of nitrogens with zero attached hydrogens (tertiary/aromatic N) is 2. The van der Waals surface area contributed by atoms with Crippen LogP contribution >= 0.6 is 0 Å². The number of benzene rings is 2. The van der Waals surface area contributed by atoms with Crippen molar-refractivity contribution in [2.45, 2.75) is 6.42 Å². The number of rotatable bonds is 7. The highest BCUT2D eigenvalue weighted by atomic mass is 16.6. The first-order valence-electron chi connectivity index (χ1n) is 7.47. The molecule has 0 aromatic heterocycles. The van der Waals surface area contributed by atoms with E-state index in [-0.39, 0.29) is 18.7 Å². The summed E-state index contributed by atoms with van der Waals surface area (Å²) in [7, 11) is 0. The van der Waals surface area contributed by atoms with Gasteiger partial charge in [-0.2, -0.15) is 5.26 Å². The lowest BCUT2D eigenvalue weighted by Crippen LogP contribution is -2.16. The van der Waals surface area contributed by atoms with Crippen molar-refractivity contribution in [2.24, 2.45) is 5.92 Å². The summed E-state index contributed by atoms with van der Waals surface area (Å²) in [5, 5.41) is 19.6. The topological polar surface area (TPSA) is 84.0 Å². The SMILES string of the molecule is N#Cc1ccc(C(=O)C[C@H](/C=C/c2ccccc2)C[N+](=O)[O-])cc1. The molecule has 5 heteroatoms. The zero-order chi connectivity index (χ0) is 17.4. The van der Waals surface area contributed by atoms with Crippen LogP contribution in [0.2, 0.25) is 0 Å². The molecule has 0 saturated heterocycles. The highest BCUT2D eigenvalue weighted by Crippen LogP contribution is 2.15. The van der Waals surface area contributed by atoms with Crippen LogP contribution < -0.4 is 0 Å². The van der Waals surface area contributed by atoms with Gasteiger partial charge in [0.15, 0.2) is 5.78 Å². The predicted octanol–water partition coefficient (Wildman–Crippen LogP) is 3.74. The van der Waals surface area contributed by atoms with Gasteiger partial charge in [-0.3, -0.25) is 14.9 Å². The first-order valence-corrected chi connectivity index (χ1v) is 7.47. The van der Waals surface area contributed by atoms with Gasteiger partial charge in [-0.25, -0.2) is 0 Å². The van der Waals surface area contributed by atoms with Crippen molar-refractivity contribution in [1.29, 1.82) is 5.26 Å². The Kier molecular flexibility index (Phi) is 5.98. The smallest absolute Gasteiger partial charge is 0.210 e. The molecule has 1 atom stereocenters. The summed E-state index contributed by atoms with van der Waals surface area (Å²) >= 11 is 0. The molecule has 0 amide bonds. The molecule has 24 heavy (non-hydrogen) atoms. The van der Waals surface area contributed by atoms with E-state index in [0.717, 1.165) is 5.56 Å². The van der Waals surface area contributed by atoms with Gasteiger partial charge in [0, 0.05) is 22.8 Å². The van der Waals surface area contributed by atoms with E-state index in [4.69, 9.17) is 5.26 Å². The summed E-state index contributed by atoms with van der Waals surface area (Å²) in [6.07, 6.45) is 3.55. The van der Waals surface area contributed by atoms with E-state index in [0.29, 0.717) is 11.1 Å². The van der Waals surface area contributed by atoms with Gasteiger partial charge in [0.25, 0.3) is 0 Å². The summed E-state index contributed by atoms with van der Waals surface area (Å²) in [5.41, 5.74) is 1.85. The summed E-state index contributed by atoms with van der Waals surface area (Å²) < 4.78 is 0. The Morgan fingerprint density at radius 1 is 1.17 bits per heavy atom. The van der Waals surface area contributed by atoms with Gasteiger partial charge in [-0.05, 0) is 17.7 Å². The van der Waals surface area contributed by atoms with E-state index < -0.39 is 10.8 Å². The fourth-order valence-electron chi connectivity index (χ4n) is 2.28. The maximum absolute atomic E-state index is 12.3. The van der Waals surface area contributed by atoms with Crippen molar-refractivity contribution in [3.63, 3.8) is 0 Å². The molecule has 0 unspecified atom stereocenters. The zero-order valence-corrected chi connectivity index (χ0v) is 13.0. The van der Waals surface area contributed by atoms with Gasteiger partial charge < -0.3 is 0 Å². The van der Waals surface area contributed by atoms with Crippen molar-refractivity contribution in [1.82, 2.24) is 0 Å². The maximum Gasteiger partial charge on any atom is 0.210 e. The Balaban J connectivity index is 2.09. The Hall–Kier alpha value is -3.26. The Bertz CT molecular complexity index is 775. The predicted molar refractivity (Wildman–Crippen MR) is 90.9 cm³/mol. The number of nitro groups is 1. The standard InChI is InChI=1S/C19H16N2O3/c20-13-16-8-10-18(11-9-16)19(22)12-17(14-21(23)24)7-6-15-4-2-1-3-5-15/h1-11,17H,12,14H2/b7-6+/t17-/m0/s1. The van der Waals surface area contributed by atoms with Gasteiger partial charge in [0.05, 0.1) is 11.6 Å². The molecular weight excluding hydrogens is 304 g/mol. The van der Waals surface area contributed by atoms with Crippen LogP contribution in [0.4, 0.5) is 0 Å². The summed E-state index contributed by atoms with van der Waals surface area (Å²) in [5.74, 6) is -0.660. The molecule has 0 aliphatic carbocycles. The third kappa shape index (κ3) is 5.18. The van der Waals surface area contributed by atoms with Crippen LogP contribution in [-0.2, 0) is 0 Å². The lowest BCUT2D eigenvalue weighted by Gasteiger charge is -2.08. The number of hydrogen-bond acceptors (Lipinski definition) is 4. The molecule has 0 aliphatic heterocycles. The molecule has 2 rings (SSSR count). The molecule has 5 nitrogen and oxygen atoms in total. The fourth-order valence-corrected chi connectivity index (χ4v) is 2.28. The minimum absolute atomic E-state index is 0.0518. The van der Waals surface area contributed by atoms with Crippen LogP contribution in [0.25, 0.3) is 6.08 Å². The number of Topliss-reactive ketones (excluding diaryl/α,β-unsaturated/α-hetero) is 1. The Labute approximate surface area is 140 Å². The van der Waals surface area contributed by atoms with E-state index in [9.17, 15) is 14.9 Å². The second kappa shape index (κ2) is 8.39. The van der Waals surface area contributed by atoms with Gasteiger partial charge in [-0.1, -0.05) is 54.6 Å². The lowest BCUT2D eigenvalue weighted by atomic mass is 9.96. The number of nitriles is 1. The van der Waals surface area contributed by atoms with Crippen molar-refractivity contribution in [3.05, 3.63) is 87.5 Å². The number of hydrogen-bond donors (Lipinski definition) is 0. The van der Waals surface area contributed by atoms with E-state index in [1.807, 2.05) is 36.4 Å². The minimum atomic E-state index is -0.483. The number of carbonyl (C=O) groups is 1. The Morgan fingerprint density at radius 3 is 2.42 bits per heavy atom. The quantitative estimate of drug-likeness (QED) is 0.442. The second-order valence-corrected chi connectivity index (χ2v) is 5.36. The summed E-state index contributed by atoms with van der Waals surface area (Å²) in [6, 6.07) is 17.7. The van der Waals surface area contributed by atoms with Gasteiger partial charge >= 0.3 is 0 Å². The molecule has 0 aliphatic rings. The van der Waals surface area contributed by atoms with E-state index in [1.165, 1.54) is 0 Å². The van der Waals surface area contributed by atoms with Crippen molar-refractivity contribution >= 4 is 11.9 Å². The lowest BCUT2D eigenvalue weighted by molar-refractivity contribution is -0.485.